The molecule has 1 aromatic heterocycles. The maximum absolute atomic E-state index is 8.56. The molecule has 94 valence electrons. The summed E-state index contributed by atoms with van der Waals surface area (Å²) in [6, 6.07) is 3.69. The monoisotopic (exact) mass is 236 g/mol. The largest absolute Gasteiger partial charge is 0.409 e. The molecule has 0 radical (unpaired) electrons. The SMILES string of the molecule is CCN(CC(C)C)c1ccc(/C(N)=N/O)cn1. The highest BCUT2D eigenvalue weighted by atomic mass is 16.4. The first-order chi connectivity index (χ1) is 8.08. The van der Waals surface area contributed by atoms with Gasteiger partial charge in [0.15, 0.2) is 5.84 Å². The van der Waals surface area contributed by atoms with E-state index >= 15 is 0 Å². The third kappa shape index (κ3) is 3.62. The molecule has 0 fully saturated rings. The van der Waals surface area contributed by atoms with E-state index in [1.54, 1.807) is 12.3 Å². The van der Waals surface area contributed by atoms with E-state index < -0.39 is 0 Å². The van der Waals surface area contributed by atoms with Crippen LogP contribution in [-0.2, 0) is 0 Å². The summed E-state index contributed by atoms with van der Waals surface area (Å²) in [4.78, 5) is 6.52. The van der Waals surface area contributed by atoms with Crippen molar-refractivity contribution in [3.63, 3.8) is 0 Å². The van der Waals surface area contributed by atoms with Gasteiger partial charge in [-0.2, -0.15) is 0 Å². The Morgan fingerprint density at radius 1 is 1.53 bits per heavy atom. The second kappa shape index (κ2) is 6.08. The van der Waals surface area contributed by atoms with Crippen LogP contribution in [0.1, 0.15) is 26.3 Å². The summed E-state index contributed by atoms with van der Waals surface area (Å²) in [5, 5.41) is 11.5. The van der Waals surface area contributed by atoms with E-state index in [0.29, 0.717) is 11.5 Å². The molecule has 0 spiro atoms. The normalized spacial score (nSPS) is 11.9. The molecule has 5 heteroatoms. The summed E-state index contributed by atoms with van der Waals surface area (Å²) in [7, 11) is 0. The van der Waals surface area contributed by atoms with Crippen LogP contribution in [0.5, 0.6) is 0 Å². The van der Waals surface area contributed by atoms with E-state index in [0.717, 1.165) is 18.9 Å². The standard InChI is InChI=1S/C12H20N4O/c1-4-16(8-9(2)3)11-6-5-10(7-14-11)12(13)15-17/h5-7,9,17H,4,8H2,1-3H3,(H2,13,15). The summed E-state index contributed by atoms with van der Waals surface area (Å²) in [5.41, 5.74) is 6.10. The molecule has 17 heavy (non-hydrogen) atoms. The molecular formula is C12H20N4O. The van der Waals surface area contributed by atoms with Gasteiger partial charge < -0.3 is 15.8 Å². The maximum Gasteiger partial charge on any atom is 0.171 e. The van der Waals surface area contributed by atoms with Gasteiger partial charge in [-0.25, -0.2) is 4.98 Å². The number of amidine groups is 1. The Bertz CT molecular complexity index is 373. The molecule has 0 bridgehead atoms. The minimum absolute atomic E-state index is 0.0796. The third-order valence-corrected chi connectivity index (χ3v) is 2.44. The predicted molar refractivity (Wildman–Crippen MR) is 69.5 cm³/mol. The van der Waals surface area contributed by atoms with E-state index in [1.807, 2.05) is 6.07 Å². The number of aromatic nitrogens is 1. The highest BCUT2D eigenvalue weighted by Crippen LogP contribution is 2.13. The number of nitrogens with two attached hydrogens (primary N) is 1. The molecular weight excluding hydrogens is 216 g/mol. The fourth-order valence-electron chi connectivity index (χ4n) is 1.61. The fraction of sp³-hybridized carbons (Fsp3) is 0.500. The van der Waals surface area contributed by atoms with Gasteiger partial charge in [-0.15, -0.1) is 0 Å². The lowest BCUT2D eigenvalue weighted by Gasteiger charge is -2.23. The van der Waals surface area contributed by atoms with Crippen molar-refractivity contribution in [2.75, 3.05) is 18.0 Å². The molecule has 1 rings (SSSR count). The lowest BCUT2D eigenvalue weighted by Crippen LogP contribution is -2.28. The van der Waals surface area contributed by atoms with Crippen LogP contribution < -0.4 is 10.6 Å². The van der Waals surface area contributed by atoms with E-state index in [2.05, 4.69) is 35.8 Å². The number of hydrogen-bond acceptors (Lipinski definition) is 4. The Labute approximate surface area is 102 Å². The van der Waals surface area contributed by atoms with Crippen molar-refractivity contribution in [2.24, 2.45) is 16.8 Å². The predicted octanol–water partition coefficient (Wildman–Crippen LogP) is 1.66. The smallest absolute Gasteiger partial charge is 0.171 e. The maximum atomic E-state index is 8.56. The van der Waals surface area contributed by atoms with Gasteiger partial charge in [0.05, 0.1) is 0 Å². The summed E-state index contributed by atoms with van der Waals surface area (Å²) in [6.45, 7) is 8.32. The average molecular weight is 236 g/mol. The van der Waals surface area contributed by atoms with Gasteiger partial charge in [-0.1, -0.05) is 19.0 Å². The highest BCUT2D eigenvalue weighted by Gasteiger charge is 2.08. The summed E-state index contributed by atoms with van der Waals surface area (Å²) >= 11 is 0. The molecule has 0 atom stereocenters. The van der Waals surface area contributed by atoms with Gasteiger partial charge in [0.2, 0.25) is 0 Å². The van der Waals surface area contributed by atoms with E-state index in [1.165, 1.54) is 0 Å². The summed E-state index contributed by atoms with van der Waals surface area (Å²) in [5.74, 6) is 1.58. The van der Waals surface area contributed by atoms with Crippen LogP contribution in [0.2, 0.25) is 0 Å². The van der Waals surface area contributed by atoms with Crippen LogP contribution in [0.4, 0.5) is 5.82 Å². The van der Waals surface area contributed by atoms with Crippen LogP contribution in [0.3, 0.4) is 0 Å². The lowest BCUT2D eigenvalue weighted by molar-refractivity contribution is 0.318. The zero-order valence-electron chi connectivity index (χ0n) is 10.6. The summed E-state index contributed by atoms with van der Waals surface area (Å²) < 4.78 is 0. The molecule has 3 N–H and O–H groups in total. The molecule has 0 aliphatic heterocycles. The topological polar surface area (TPSA) is 74.7 Å². The Morgan fingerprint density at radius 3 is 2.65 bits per heavy atom. The van der Waals surface area contributed by atoms with Gasteiger partial charge in [-0.3, -0.25) is 0 Å². The fourth-order valence-corrected chi connectivity index (χ4v) is 1.61. The van der Waals surface area contributed by atoms with Gasteiger partial charge in [0, 0.05) is 24.8 Å². The molecule has 1 heterocycles. The van der Waals surface area contributed by atoms with Crippen LogP contribution in [0.25, 0.3) is 0 Å². The lowest BCUT2D eigenvalue weighted by atomic mass is 10.2. The number of pyridine rings is 1. The Kier molecular flexibility index (Phi) is 4.75. The number of hydrogen-bond donors (Lipinski definition) is 2. The van der Waals surface area contributed by atoms with Crippen LogP contribution >= 0.6 is 0 Å². The van der Waals surface area contributed by atoms with Crippen molar-refractivity contribution in [1.82, 2.24) is 4.98 Å². The molecule has 0 unspecified atom stereocenters. The van der Waals surface area contributed by atoms with Crippen molar-refractivity contribution >= 4 is 11.7 Å². The third-order valence-electron chi connectivity index (χ3n) is 2.44. The van der Waals surface area contributed by atoms with Gasteiger partial charge >= 0.3 is 0 Å². The Morgan fingerprint density at radius 2 is 2.24 bits per heavy atom. The molecule has 0 saturated heterocycles. The Balaban J connectivity index is 2.85. The number of nitrogens with zero attached hydrogens (tertiary/aromatic N) is 3. The minimum Gasteiger partial charge on any atom is -0.409 e. The van der Waals surface area contributed by atoms with Gasteiger partial charge in [0.25, 0.3) is 0 Å². The second-order valence-corrected chi connectivity index (χ2v) is 4.32. The van der Waals surface area contributed by atoms with Gasteiger partial charge in [0.1, 0.15) is 5.82 Å². The van der Waals surface area contributed by atoms with Crippen LogP contribution in [0.15, 0.2) is 23.5 Å². The van der Waals surface area contributed by atoms with Crippen molar-refractivity contribution in [3.8, 4) is 0 Å². The first kappa shape index (κ1) is 13.3. The van der Waals surface area contributed by atoms with E-state index in [9.17, 15) is 0 Å². The number of oxime groups is 1. The van der Waals surface area contributed by atoms with Crippen molar-refractivity contribution < 1.29 is 5.21 Å². The van der Waals surface area contributed by atoms with Crippen molar-refractivity contribution in [2.45, 2.75) is 20.8 Å². The highest BCUT2D eigenvalue weighted by molar-refractivity contribution is 5.96. The average Bonchev–Trinajstić information content (AvgIpc) is 2.35. The van der Waals surface area contributed by atoms with E-state index in [-0.39, 0.29) is 5.84 Å². The molecule has 0 aromatic carbocycles. The Hall–Kier alpha value is -1.78. The summed E-state index contributed by atoms with van der Waals surface area (Å²) in [6.07, 6.45) is 1.62. The van der Waals surface area contributed by atoms with Crippen LogP contribution in [-0.4, -0.2) is 29.1 Å². The molecule has 0 amide bonds. The number of anilines is 1. The van der Waals surface area contributed by atoms with Gasteiger partial charge in [-0.05, 0) is 25.0 Å². The quantitative estimate of drug-likeness (QED) is 0.353. The molecule has 0 saturated carbocycles. The zero-order chi connectivity index (χ0) is 12.8. The van der Waals surface area contributed by atoms with Crippen molar-refractivity contribution in [1.29, 1.82) is 0 Å². The molecule has 0 aliphatic rings. The molecule has 1 aromatic rings. The van der Waals surface area contributed by atoms with E-state index in [4.69, 9.17) is 10.9 Å². The van der Waals surface area contributed by atoms with Crippen molar-refractivity contribution in [3.05, 3.63) is 23.9 Å². The molecule has 5 nitrogen and oxygen atoms in total. The van der Waals surface area contributed by atoms with Crippen LogP contribution in [0, 0.1) is 5.92 Å². The second-order valence-electron chi connectivity index (χ2n) is 4.32. The first-order valence-electron chi connectivity index (χ1n) is 5.77. The first-order valence-corrected chi connectivity index (χ1v) is 5.77. The minimum atomic E-state index is 0.0796. The molecule has 0 aliphatic carbocycles. The zero-order valence-corrected chi connectivity index (χ0v) is 10.6. The number of rotatable bonds is 5.